The molecule has 0 spiro atoms. The predicted octanol–water partition coefficient (Wildman–Crippen LogP) is 0.195. The summed E-state index contributed by atoms with van der Waals surface area (Å²) in [5.74, 6) is -1.64. The van der Waals surface area contributed by atoms with Crippen molar-refractivity contribution in [1.82, 2.24) is 5.06 Å². The standard InChI is InChI=1S/C12H21NO6/c1-13(18-4)11(14)9-5-8(19-7-16-2)6-10(9)12(15)17-3/h8-10H,5-7H2,1-4H3/t8-,9+,10+/m0/s1. The van der Waals surface area contributed by atoms with E-state index < -0.39 is 17.8 Å². The van der Waals surface area contributed by atoms with E-state index in [0.29, 0.717) is 12.8 Å². The minimum Gasteiger partial charge on any atom is -0.469 e. The van der Waals surface area contributed by atoms with Gasteiger partial charge < -0.3 is 14.2 Å². The first-order valence-electron chi connectivity index (χ1n) is 6.05. The van der Waals surface area contributed by atoms with Gasteiger partial charge in [0.15, 0.2) is 0 Å². The normalized spacial score (nSPS) is 26.2. The molecule has 0 heterocycles. The maximum atomic E-state index is 12.1. The summed E-state index contributed by atoms with van der Waals surface area (Å²) in [5, 5.41) is 1.12. The smallest absolute Gasteiger partial charge is 0.309 e. The van der Waals surface area contributed by atoms with Crippen molar-refractivity contribution in [2.75, 3.05) is 35.2 Å². The second-order valence-corrected chi connectivity index (χ2v) is 4.42. The molecule has 0 N–H and O–H groups in total. The molecule has 1 fully saturated rings. The molecule has 0 aromatic rings. The van der Waals surface area contributed by atoms with Crippen LogP contribution < -0.4 is 0 Å². The van der Waals surface area contributed by atoms with Crippen LogP contribution in [0.5, 0.6) is 0 Å². The van der Waals surface area contributed by atoms with E-state index in [1.165, 1.54) is 28.4 Å². The van der Waals surface area contributed by atoms with E-state index in [2.05, 4.69) is 0 Å². The van der Waals surface area contributed by atoms with Crippen LogP contribution in [0.15, 0.2) is 0 Å². The molecule has 0 aromatic heterocycles. The topological polar surface area (TPSA) is 74.3 Å². The van der Waals surface area contributed by atoms with E-state index in [0.717, 1.165) is 5.06 Å². The van der Waals surface area contributed by atoms with Crippen molar-refractivity contribution in [2.45, 2.75) is 18.9 Å². The molecule has 0 saturated heterocycles. The number of methoxy groups -OCH3 is 2. The molecule has 0 radical (unpaired) electrons. The number of rotatable bonds is 6. The van der Waals surface area contributed by atoms with E-state index in [9.17, 15) is 9.59 Å². The lowest BCUT2D eigenvalue weighted by Crippen LogP contribution is -2.36. The number of hydroxylamine groups is 2. The summed E-state index contributed by atoms with van der Waals surface area (Å²) in [6, 6.07) is 0. The Hall–Kier alpha value is -1.18. The Labute approximate surface area is 112 Å². The molecule has 3 atom stereocenters. The van der Waals surface area contributed by atoms with E-state index in [4.69, 9.17) is 19.0 Å². The van der Waals surface area contributed by atoms with Gasteiger partial charge in [0.2, 0.25) is 5.91 Å². The Kier molecular flexibility index (Phi) is 6.20. The highest BCUT2D eigenvalue weighted by atomic mass is 16.7. The zero-order valence-electron chi connectivity index (χ0n) is 11.8. The van der Waals surface area contributed by atoms with Crippen molar-refractivity contribution in [3.63, 3.8) is 0 Å². The van der Waals surface area contributed by atoms with Crippen LogP contribution in [0, 0.1) is 11.8 Å². The van der Waals surface area contributed by atoms with Gasteiger partial charge in [0.05, 0.1) is 32.2 Å². The van der Waals surface area contributed by atoms with E-state index in [1.54, 1.807) is 0 Å². The second kappa shape index (κ2) is 7.42. The summed E-state index contributed by atoms with van der Waals surface area (Å²) in [6.45, 7) is 0.138. The fraction of sp³-hybridized carbons (Fsp3) is 0.833. The van der Waals surface area contributed by atoms with Crippen LogP contribution in [0.2, 0.25) is 0 Å². The van der Waals surface area contributed by atoms with E-state index in [-0.39, 0.29) is 18.8 Å². The fourth-order valence-corrected chi connectivity index (χ4v) is 2.30. The Morgan fingerprint density at radius 1 is 1.16 bits per heavy atom. The number of carbonyl (C=O) groups excluding carboxylic acids is 2. The molecule has 7 heteroatoms. The third-order valence-electron chi connectivity index (χ3n) is 3.35. The van der Waals surface area contributed by atoms with Crippen LogP contribution in [-0.4, -0.2) is 58.2 Å². The van der Waals surface area contributed by atoms with Gasteiger partial charge in [-0.25, -0.2) is 5.06 Å². The largest absolute Gasteiger partial charge is 0.469 e. The van der Waals surface area contributed by atoms with Crippen LogP contribution in [-0.2, 0) is 28.6 Å². The van der Waals surface area contributed by atoms with Crippen molar-refractivity contribution in [2.24, 2.45) is 11.8 Å². The number of nitrogens with zero attached hydrogens (tertiary/aromatic N) is 1. The number of carbonyl (C=O) groups is 2. The molecular formula is C12H21NO6. The molecule has 1 aliphatic rings. The van der Waals surface area contributed by atoms with Gasteiger partial charge >= 0.3 is 5.97 Å². The maximum absolute atomic E-state index is 12.1. The van der Waals surface area contributed by atoms with Crippen molar-refractivity contribution in [3.05, 3.63) is 0 Å². The Balaban J connectivity index is 2.74. The molecule has 0 aromatic carbocycles. The zero-order chi connectivity index (χ0) is 14.4. The number of hydrogen-bond acceptors (Lipinski definition) is 6. The zero-order valence-corrected chi connectivity index (χ0v) is 11.8. The SMILES string of the molecule is COCO[C@@H]1C[C@@H](C(=O)OC)[C@H](C(=O)N(C)OC)C1. The molecular weight excluding hydrogens is 254 g/mol. The Morgan fingerprint density at radius 2 is 1.79 bits per heavy atom. The van der Waals surface area contributed by atoms with Crippen molar-refractivity contribution in [3.8, 4) is 0 Å². The maximum Gasteiger partial charge on any atom is 0.309 e. The highest BCUT2D eigenvalue weighted by Crippen LogP contribution is 2.36. The van der Waals surface area contributed by atoms with Crippen LogP contribution in [0.1, 0.15) is 12.8 Å². The molecule has 0 unspecified atom stereocenters. The van der Waals surface area contributed by atoms with E-state index in [1.807, 2.05) is 0 Å². The summed E-state index contributed by atoms with van der Waals surface area (Å²) in [4.78, 5) is 28.7. The van der Waals surface area contributed by atoms with Gasteiger partial charge in [0.25, 0.3) is 0 Å². The Morgan fingerprint density at radius 3 is 2.32 bits per heavy atom. The summed E-state index contributed by atoms with van der Waals surface area (Å²) < 4.78 is 15.0. The van der Waals surface area contributed by atoms with Crippen molar-refractivity contribution < 1.29 is 28.6 Å². The predicted molar refractivity (Wildman–Crippen MR) is 64.8 cm³/mol. The lowest BCUT2D eigenvalue weighted by atomic mass is 9.95. The highest BCUT2D eigenvalue weighted by molar-refractivity contribution is 5.85. The third-order valence-corrected chi connectivity index (χ3v) is 3.35. The number of hydrogen-bond donors (Lipinski definition) is 0. The first-order valence-corrected chi connectivity index (χ1v) is 6.05. The minimum atomic E-state index is -0.503. The van der Waals surface area contributed by atoms with Gasteiger partial charge in [0.1, 0.15) is 6.79 Å². The lowest BCUT2D eigenvalue weighted by molar-refractivity contribution is -0.177. The van der Waals surface area contributed by atoms with E-state index >= 15 is 0 Å². The molecule has 0 aliphatic heterocycles. The average molecular weight is 275 g/mol. The molecule has 1 saturated carbocycles. The number of esters is 1. The van der Waals surface area contributed by atoms with Crippen LogP contribution in [0.25, 0.3) is 0 Å². The van der Waals surface area contributed by atoms with Gasteiger partial charge in [0, 0.05) is 14.2 Å². The first kappa shape index (κ1) is 15.9. The van der Waals surface area contributed by atoms with Gasteiger partial charge in [-0.3, -0.25) is 14.4 Å². The molecule has 0 bridgehead atoms. The summed E-state index contributed by atoms with van der Waals surface area (Å²) in [6.07, 6.45) is 0.711. The molecule has 19 heavy (non-hydrogen) atoms. The lowest BCUT2D eigenvalue weighted by Gasteiger charge is -2.21. The number of ether oxygens (including phenoxy) is 3. The van der Waals surface area contributed by atoms with Crippen molar-refractivity contribution >= 4 is 11.9 Å². The van der Waals surface area contributed by atoms with Gasteiger partial charge in [-0.05, 0) is 12.8 Å². The molecule has 7 nitrogen and oxygen atoms in total. The highest BCUT2D eigenvalue weighted by Gasteiger charge is 2.45. The van der Waals surface area contributed by atoms with Crippen LogP contribution >= 0.6 is 0 Å². The fourth-order valence-electron chi connectivity index (χ4n) is 2.30. The third kappa shape index (κ3) is 3.89. The summed E-state index contributed by atoms with van der Waals surface area (Å²) in [5.41, 5.74) is 0. The molecule has 1 aliphatic carbocycles. The van der Waals surface area contributed by atoms with Crippen LogP contribution in [0.3, 0.4) is 0 Å². The van der Waals surface area contributed by atoms with Crippen LogP contribution in [0.4, 0.5) is 0 Å². The minimum absolute atomic E-state index is 0.138. The summed E-state index contributed by atoms with van der Waals surface area (Å²) in [7, 11) is 5.75. The van der Waals surface area contributed by atoms with Gasteiger partial charge in [-0.1, -0.05) is 0 Å². The molecule has 1 rings (SSSR count). The quantitative estimate of drug-likeness (QED) is 0.391. The average Bonchev–Trinajstić information content (AvgIpc) is 2.86. The van der Waals surface area contributed by atoms with Gasteiger partial charge in [-0.15, -0.1) is 0 Å². The Bertz CT molecular complexity index is 321. The molecule has 110 valence electrons. The number of amides is 1. The summed E-state index contributed by atoms with van der Waals surface area (Å²) >= 11 is 0. The van der Waals surface area contributed by atoms with Crippen molar-refractivity contribution in [1.29, 1.82) is 0 Å². The first-order chi connectivity index (χ1) is 9.04. The molecule has 1 amide bonds. The monoisotopic (exact) mass is 275 g/mol. The van der Waals surface area contributed by atoms with Gasteiger partial charge in [-0.2, -0.15) is 0 Å². The second-order valence-electron chi connectivity index (χ2n) is 4.42.